The van der Waals surface area contributed by atoms with Crippen LogP contribution in [0.5, 0.6) is 5.75 Å². The molecule has 5 heteroatoms. The Kier molecular flexibility index (Phi) is 7.28. The molecule has 1 aromatic carbocycles. The first kappa shape index (κ1) is 15.1. The van der Waals surface area contributed by atoms with Gasteiger partial charge in [-0.1, -0.05) is 28.1 Å². The number of hydrogen-bond acceptors (Lipinski definition) is 2. The second kappa shape index (κ2) is 8.20. The maximum atomic E-state index is 5.82. The van der Waals surface area contributed by atoms with Crippen molar-refractivity contribution in [1.82, 2.24) is 0 Å². The summed E-state index contributed by atoms with van der Waals surface area (Å²) in [4.78, 5) is 0.0694. The molecule has 0 radical (unpaired) electrons. The van der Waals surface area contributed by atoms with Crippen molar-refractivity contribution in [3.05, 3.63) is 29.8 Å². The summed E-state index contributed by atoms with van der Waals surface area (Å²) in [7, 11) is 1.64. The molecule has 0 bridgehead atoms. The monoisotopic (exact) mass is 340 g/mol. The average Bonchev–Trinajstić information content (AvgIpc) is 2.39. The summed E-state index contributed by atoms with van der Waals surface area (Å²) in [6.07, 6.45) is -0.0868. The van der Waals surface area contributed by atoms with Gasteiger partial charge in [0.05, 0.1) is 24.6 Å². The molecule has 0 aliphatic carbocycles. The van der Waals surface area contributed by atoms with Crippen LogP contribution in [0.3, 0.4) is 0 Å². The second-order valence-electron chi connectivity index (χ2n) is 3.52. The van der Waals surface area contributed by atoms with Crippen LogP contribution in [0, 0.1) is 0 Å². The standard InChI is InChI=1S/C12H15BrCl2O2/c1-16-10-4-2-9(3-5-10)8-17-12(7-15)11(13)6-14/h2-5,11-12H,6-8H2,1H3. The van der Waals surface area contributed by atoms with Crippen LogP contribution in [0.2, 0.25) is 0 Å². The van der Waals surface area contributed by atoms with Crippen molar-refractivity contribution in [2.24, 2.45) is 0 Å². The lowest BCUT2D eigenvalue weighted by atomic mass is 10.2. The third-order valence-corrected chi connectivity index (χ3v) is 4.25. The molecule has 1 rings (SSSR count). The largest absolute Gasteiger partial charge is 0.497 e. The molecule has 0 amide bonds. The molecule has 0 fully saturated rings. The van der Waals surface area contributed by atoms with Crippen molar-refractivity contribution < 1.29 is 9.47 Å². The molecule has 0 saturated carbocycles. The third kappa shape index (κ3) is 5.04. The minimum absolute atomic E-state index is 0.0694. The zero-order valence-corrected chi connectivity index (χ0v) is 12.6. The average molecular weight is 342 g/mol. The van der Waals surface area contributed by atoms with E-state index >= 15 is 0 Å². The van der Waals surface area contributed by atoms with Gasteiger partial charge in [0.1, 0.15) is 5.75 Å². The molecule has 0 N–H and O–H groups in total. The fraction of sp³-hybridized carbons (Fsp3) is 0.500. The van der Waals surface area contributed by atoms with E-state index in [9.17, 15) is 0 Å². The highest BCUT2D eigenvalue weighted by molar-refractivity contribution is 9.09. The van der Waals surface area contributed by atoms with Crippen LogP contribution in [-0.4, -0.2) is 29.8 Å². The van der Waals surface area contributed by atoms with Crippen LogP contribution in [0.1, 0.15) is 5.56 Å². The van der Waals surface area contributed by atoms with Gasteiger partial charge in [0, 0.05) is 11.8 Å². The number of methoxy groups -OCH3 is 1. The van der Waals surface area contributed by atoms with Gasteiger partial charge in [-0.25, -0.2) is 0 Å². The van der Waals surface area contributed by atoms with E-state index in [0.717, 1.165) is 11.3 Å². The molecule has 17 heavy (non-hydrogen) atoms. The fourth-order valence-corrected chi connectivity index (χ4v) is 2.33. The maximum absolute atomic E-state index is 5.82. The summed E-state index contributed by atoms with van der Waals surface area (Å²) >= 11 is 15.0. The number of halogens is 3. The molecule has 0 aromatic heterocycles. The maximum Gasteiger partial charge on any atom is 0.118 e. The first-order chi connectivity index (χ1) is 8.21. The Morgan fingerprint density at radius 3 is 2.29 bits per heavy atom. The topological polar surface area (TPSA) is 18.5 Å². The molecule has 2 nitrogen and oxygen atoms in total. The van der Waals surface area contributed by atoms with Crippen molar-refractivity contribution >= 4 is 39.1 Å². The number of hydrogen-bond donors (Lipinski definition) is 0. The Morgan fingerprint density at radius 1 is 1.18 bits per heavy atom. The summed E-state index contributed by atoms with van der Waals surface area (Å²) < 4.78 is 10.8. The zero-order valence-electron chi connectivity index (χ0n) is 9.54. The first-order valence-electron chi connectivity index (χ1n) is 5.21. The van der Waals surface area contributed by atoms with Gasteiger partial charge < -0.3 is 9.47 Å². The summed E-state index contributed by atoms with van der Waals surface area (Å²) in [5, 5.41) is 0. The normalized spacial score (nSPS) is 14.4. The Labute approximate surface area is 120 Å². The molecule has 0 aliphatic heterocycles. The Morgan fingerprint density at radius 2 is 1.82 bits per heavy atom. The lowest BCUT2D eigenvalue weighted by molar-refractivity contribution is 0.0583. The highest BCUT2D eigenvalue weighted by Gasteiger charge is 2.17. The van der Waals surface area contributed by atoms with E-state index in [1.54, 1.807) is 7.11 Å². The molecule has 1 aromatic rings. The van der Waals surface area contributed by atoms with Gasteiger partial charge in [-0.05, 0) is 17.7 Å². The van der Waals surface area contributed by atoms with Crippen LogP contribution in [0.4, 0.5) is 0 Å². The Bertz CT molecular complexity index is 319. The quantitative estimate of drug-likeness (QED) is 0.702. The van der Waals surface area contributed by atoms with Crippen LogP contribution in [0.25, 0.3) is 0 Å². The molecule has 0 aliphatic rings. The van der Waals surface area contributed by atoms with E-state index in [4.69, 9.17) is 32.7 Å². The lowest BCUT2D eigenvalue weighted by Gasteiger charge is -2.19. The van der Waals surface area contributed by atoms with Crippen molar-refractivity contribution in [3.8, 4) is 5.75 Å². The van der Waals surface area contributed by atoms with E-state index in [1.807, 2.05) is 24.3 Å². The van der Waals surface area contributed by atoms with Gasteiger partial charge >= 0.3 is 0 Å². The van der Waals surface area contributed by atoms with Crippen LogP contribution < -0.4 is 4.74 Å². The van der Waals surface area contributed by atoms with Gasteiger partial charge in [-0.3, -0.25) is 0 Å². The van der Waals surface area contributed by atoms with E-state index in [-0.39, 0.29) is 10.9 Å². The van der Waals surface area contributed by atoms with Gasteiger partial charge in [0.15, 0.2) is 0 Å². The molecule has 0 saturated heterocycles. The van der Waals surface area contributed by atoms with Gasteiger partial charge in [0.2, 0.25) is 0 Å². The summed E-state index contributed by atoms with van der Waals surface area (Å²) in [5.41, 5.74) is 1.08. The molecule has 0 heterocycles. The van der Waals surface area contributed by atoms with Gasteiger partial charge in [0.25, 0.3) is 0 Å². The summed E-state index contributed by atoms with van der Waals surface area (Å²) in [5.74, 6) is 1.72. The predicted molar refractivity (Wildman–Crippen MR) is 75.7 cm³/mol. The second-order valence-corrected chi connectivity index (χ2v) is 5.32. The van der Waals surface area contributed by atoms with E-state index < -0.39 is 0 Å². The van der Waals surface area contributed by atoms with Crippen LogP contribution in [-0.2, 0) is 11.3 Å². The molecule has 2 atom stereocenters. The van der Waals surface area contributed by atoms with Crippen molar-refractivity contribution in [1.29, 1.82) is 0 Å². The van der Waals surface area contributed by atoms with Crippen molar-refractivity contribution in [2.75, 3.05) is 18.9 Å². The van der Waals surface area contributed by atoms with Crippen LogP contribution in [0.15, 0.2) is 24.3 Å². The van der Waals surface area contributed by atoms with E-state index in [0.29, 0.717) is 18.4 Å². The minimum Gasteiger partial charge on any atom is -0.497 e. The minimum atomic E-state index is -0.0868. The van der Waals surface area contributed by atoms with E-state index in [1.165, 1.54) is 0 Å². The first-order valence-corrected chi connectivity index (χ1v) is 7.20. The summed E-state index contributed by atoms with van der Waals surface area (Å²) in [6.45, 7) is 0.514. The highest BCUT2D eigenvalue weighted by atomic mass is 79.9. The highest BCUT2D eigenvalue weighted by Crippen LogP contribution is 2.17. The zero-order chi connectivity index (χ0) is 12.7. The van der Waals surface area contributed by atoms with Gasteiger partial charge in [-0.2, -0.15) is 0 Å². The molecule has 2 unspecified atom stereocenters. The molecular weight excluding hydrogens is 327 g/mol. The number of rotatable bonds is 7. The molecular formula is C12H15BrCl2O2. The third-order valence-electron chi connectivity index (χ3n) is 2.33. The lowest BCUT2D eigenvalue weighted by Crippen LogP contribution is -2.27. The smallest absolute Gasteiger partial charge is 0.118 e. The molecule has 0 spiro atoms. The molecule has 96 valence electrons. The SMILES string of the molecule is COc1ccc(COC(CCl)C(Br)CCl)cc1. The van der Waals surface area contributed by atoms with Gasteiger partial charge in [-0.15, -0.1) is 23.2 Å². The van der Waals surface area contributed by atoms with Crippen molar-refractivity contribution in [2.45, 2.75) is 17.5 Å². The number of alkyl halides is 3. The van der Waals surface area contributed by atoms with E-state index in [2.05, 4.69) is 15.9 Å². The Hall–Kier alpha value is 0.0400. The number of benzene rings is 1. The number of ether oxygens (including phenoxy) is 2. The van der Waals surface area contributed by atoms with Crippen molar-refractivity contribution in [3.63, 3.8) is 0 Å². The predicted octanol–water partition coefficient (Wildman–Crippen LogP) is 3.82. The summed E-state index contributed by atoms with van der Waals surface area (Å²) in [6, 6.07) is 7.74. The fourth-order valence-electron chi connectivity index (χ4n) is 1.27. The Balaban J connectivity index is 2.47. The van der Waals surface area contributed by atoms with Crippen LogP contribution >= 0.6 is 39.1 Å².